The van der Waals surface area contributed by atoms with Gasteiger partial charge >= 0.3 is 0 Å². The van der Waals surface area contributed by atoms with E-state index in [2.05, 4.69) is 38.1 Å². The Labute approximate surface area is 125 Å². The second-order valence-electron chi connectivity index (χ2n) is 5.92. The zero-order valence-corrected chi connectivity index (χ0v) is 12.7. The zero-order valence-electron chi connectivity index (χ0n) is 12.7. The van der Waals surface area contributed by atoms with E-state index in [1.54, 1.807) is 4.90 Å². The van der Waals surface area contributed by atoms with E-state index in [1.165, 1.54) is 11.1 Å². The maximum Gasteiger partial charge on any atom is 0.231 e. The summed E-state index contributed by atoms with van der Waals surface area (Å²) in [6, 6.07) is 12.3. The van der Waals surface area contributed by atoms with Crippen LogP contribution in [-0.4, -0.2) is 13.0 Å². The van der Waals surface area contributed by atoms with Crippen LogP contribution in [0.2, 0.25) is 0 Å². The number of anilines is 1. The van der Waals surface area contributed by atoms with Crippen molar-refractivity contribution in [2.24, 2.45) is 5.73 Å². The van der Waals surface area contributed by atoms with Gasteiger partial charge in [-0.1, -0.05) is 41.5 Å². The first kappa shape index (κ1) is 13.8. The number of rotatable bonds is 2. The van der Waals surface area contributed by atoms with Gasteiger partial charge in [-0.25, -0.2) is 0 Å². The normalized spacial score (nSPS) is 15.2. The first-order valence-electron chi connectivity index (χ1n) is 7.19. The Hall–Kier alpha value is -2.13. The Morgan fingerprint density at radius 3 is 2.38 bits per heavy atom. The smallest absolute Gasteiger partial charge is 0.231 e. The average molecular weight is 280 g/mol. The van der Waals surface area contributed by atoms with Gasteiger partial charge in [-0.2, -0.15) is 0 Å². The van der Waals surface area contributed by atoms with Crippen molar-refractivity contribution < 1.29 is 4.79 Å². The molecule has 2 aromatic rings. The molecule has 1 heterocycles. The number of aryl methyl sites for hydroxylation is 2. The fraction of sp³-hybridized carbons (Fsp3) is 0.278. The topological polar surface area (TPSA) is 46.3 Å². The molecule has 0 aliphatic carbocycles. The van der Waals surface area contributed by atoms with Gasteiger partial charge in [0.1, 0.15) is 0 Å². The highest BCUT2D eigenvalue weighted by Gasteiger charge is 2.24. The number of likely N-dealkylation sites (N-methyl/N-ethyl adjacent to an activating group) is 1. The molecule has 2 N–H and O–H groups in total. The van der Waals surface area contributed by atoms with Crippen LogP contribution in [0.15, 0.2) is 36.4 Å². The minimum Gasteiger partial charge on any atom is -0.320 e. The predicted octanol–water partition coefficient (Wildman–Crippen LogP) is 2.87. The van der Waals surface area contributed by atoms with Crippen molar-refractivity contribution >= 4 is 11.6 Å². The number of amides is 1. The van der Waals surface area contributed by atoms with Gasteiger partial charge in [-0.3, -0.25) is 4.79 Å². The molecule has 108 valence electrons. The molecule has 0 fully saturated rings. The average Bonchev–Trinajstić information content (AvgIpc) is 2.71. The summed E-state index contributed by atoms with van der Waals surface area (Å²) in [6.07, 6.45) is 0.471. The third-order valence-corrected chi connectivity index (χ3v) is 4.14. The molecule has 2 aromatic carbocycles. The SMILES string of the molecule is Cc1cc(C)cc(C(N)c2ccc3c(c2)CC(=O)N3C)c1. The summed E-state index contributed by atoms with van der Waals surface area (Å²) in [7, 11) is 1.82. The lowest BCUT2D eigenvalue weighted by Gasteiger charge is -2.16. The van der Waals surface area contributed by atoms with Gasteiger partial charge in [0.2, 0.25) is 5.91 Å². The van der Waals surface area contributed by atoms with Gasteiger partial charge in [0.05, 0.1) is 12.5 Å². The Balaban J connectivity index is 1.98. The molecule has 1 unspecified atom stereocenters. The van der Waals surface area contributed by atoms with E-state index in [9.17, 15) is 4.79 Å². The molecule has 0 aromatic heterocycles. The van der Waals surface area contributed by atoms with Crippen LogP contribution >= 0.6 is 0 Å². The lowest BCUT2D eigenvalue weighted by atomic mass is 9.95. The van der Waals surface area contributed by atoms with Crippen LogP contribution in [0, 0.1) is 13.8 Å². The number of nitrogens with zero attached hydrogens (tertiary/aromatic N) is 1. The molecule has 3 nitrogen and oxygen atoms in total. The molecule has 3 rings (SSSR count). The van der Waals surface area contributed by atoms with Crippen molar-refractivity contribution in [2.75, 3.05) is 11.9 Å². The second kappa shape index (κ2) is 5.01. The number of fused-ring (bicyclic) bond motifs is 1. The van der Waals surface area contributed by atoms with Crippen LogP contribution in [0.25, 0.3) is 0 Å². The predicted molar refractivity (Wildman–Crippen MR) is 85.5 cm³/mol. The van der Waals surface area contributed by atoms with Crippen LogP contribution in [0.4, 0.5) is 5.69 Å². The van der Waals surface area contributed by atoms with E-state index in [0.29, 0.717) is 6.42 Å². The van der Waals surface area contributed by atoms with Crippen LogP contribution in [0.5, 0.6) is 0 Å². The van der Waals surface area contributed by atoms with Gasteiger partial charge in [0, 0.05) is 12.7 Å². The minimum atomic E-state index is -0.157. The van der Waals surface area contributed by atoms with E-state index in [0.717, 1.165) is 22.4 Å². The largest absolute Gasteiger partial charge is 0.320 e. The molecule has 0 spiro atoms. The van der Waals surface area contributed by atoms with Crippen molar-refractivity contribution in [3.63, 3.8) is 0 Å². The summed E-state index contributed by atoms with van der Waals surface area (Å²) < 4.78 is 0. The number of carbonyl (C=O) groups excluding carboxylic acids is 1. The lowest BCUT2D eigenvalue weighted by molar-refractivity contribution is -0.117. The van der Waals surface area contributed by atoms with E-state index in [4.69, 9.17) is 5.73 Å². The van der Waals surface area contributed by atoms with Gasteiger partial charge in [-0.15, -0.1) is 0 Å². The maximum atomic E-state index is 11.8. The molecule has 3 heteroatoms. The minimum absolute atomic E-state index is 0.141. The van der Waals surface area contributed by atoms with Crippen LogP contribution < -0.4 is 10.6 Å². The Kier molecular flexibility index (Phi) is 3.30. The van der Waals surface area contributed by atoms with Crippen molar-refractivity contribution in [3.05, 3.63) is 64.2 Å². The second-order valence-corrected chi connectivity index (χ2v) is 5.92. The molecule has 1 aliphatic heterocycles. The number of hydrogen-bond acceptors (Lipinski definition) is 2. The third kappa shape index (κ3) is 2.45. The van der Waals surface area contributed by atoms with Crippen molar-refractivity contribution in [3.8, 4) is 0 Å². The van der Waals surface area contributed by atoms with Gasteiger partial charge < -0.3 is 10.6 Å². The highest BCUT2D eigenvalue weighted by atomic mass is 16.2. The number of carbonyl (C=O) groups is 1. The van der Waals surface area contributed by atoms with Crippen LogP contribution in [-0.2, 0) is 11.2 Å². The summed E-state index contributed by atoms with van der Waals surface area (Å²) in [5.74, 6) is 0.141. The van der Waals surface area contributed by atoms with Gasteiger partial charge in [0.15, 0.2) is 0 Å². The Morgan fingerprint density at radius 1 is 1.05 bits per heavy atom. The Bertz CT molecular complexity index is 701. The fourth-order valence-corrected chi connectivity index (χ4v) is 3.07. The number of hydrogen-bond donors (Lipinski definition) is 1. The van der Waals surface area contributed by atoms with Crippen molar-refractivity contribution in [1.82, 2.24) is 0 Å². The van der Waals surface area contributed by atoms with Crippen LogP contribution in [0.1, 0.15) is 33.9 Å². The molecule has 1 aliphatic rings. The Morgan fingerprint density at radius 2 is 1.71 bits per heavy atom. The molecule has 1 atom stereocenters. The molecule has 0 saturated heterocycles. The summed E-state index contributed by atoms with van der Waals surface area (Å²) in [5.41, 5.74) is 13.1. The fourth-order valence-electron chi connectivity index (χ4n) is 3.07. The van der Waals surface area contributed by atoms with Crippen molar-refractivity contribution in [2.45, 2.75) is 26.3 Å². The molecular weight excluding hydrogens is 260 g/mol. The number of nitrogens with two attached hydrogens (primary N) is 1. The van der Waals surface area contributed by atoms with E-state index in [-0.39, 0.29) is 11.9 Å². The monoisotopic (exact) mass is 280 g/mol. The highest BCUT2D eigenvalue weighted by Crippen LogP contribution is 2.31. The highest BCUT2D eigenvalue weighted by molar-refractivity contribution is 6.00. The van der Waals surface area contributed by atoms with E-state index >= 15 is 0 Å². The summed E-state index contributed by atoms with van der Waals surface area (Å²) in [5, 5.41) is 0. The summed E-state index contributed by atoms with van der Waals surface area (Å²) in [4.78, 5) is 13.5. The molecule has 0 bridgehead atoms. The first-order chi connectivity index (χ1) is 9.95. The zero-order chi connectivity index (χ0) is 15.1. The lowest BCUT2D eigenvalue weighted by Crippen LogP contribution is -2.20. The van der Waals surface area contributed by atoms with Crippen LogP contribution in [0.3, 0.4) is 0 Å². The van der Waals surface area contributed by atoms with Crippen molar-refractivity contribution in [1.29, 1.82) is 0 Å². The molecule has 21 heavy (non-hydrogen) atoms. The van der Waals surface area contributed by atoms with Gasteiger partial charge in [0.25, 0.3) is 0 Å². The maximum absolute atomic E-state index is 11.8. The van der Waals surface area contributed by atoms with E-state index < -0.39 is 0 Å². The quantitative estimate of drug-likeness (QED) is 0.919. The van der Waals surface area contributed by atoms with Gasteiger partial charge in [-0.05, 0) is 36.6 Å². The molecule has 1 amide bonds. The first-order valence-corrected chi connectivity index (χ1v) is 7.19. The molecular formula is C18H20N2O. The van der Waals surface area contributed by atoms with E-state index in [1.807, 2.05) is 19.2 Å². The molecule has 0 saturated carbocycles. The summed E-state index contributed by atoms with van der Waals surface area (Å²) in [6.45, 7) is 4.17. The summed E-state index contributed by atoms with van der Waals surface area (Å²) >= 11 is 0. The third-order valence-electron chi connectivity index (χ3n) is 4.14. The molecule has 0 radical (unpaired) electrons. The number of benzene rings is 2. The standard InChI is InChI=1S/C18H20N2O/c1-11-6-12(2)8-15(7-11)18(19)13-4-5-16-14(9-13)10-17(21)20(16)3/h4-9,18H,10,19H2,1-3H3.